The summed E-state index contributed by atoms with van der Waals surface area (Å²) in [4.78, 5) is 12.0. The molecule has 0 spiro atoms. The molecular weight excluding hydrogens is 316 g/mol. The van der Waals surface area contributed by atoms with Gasteiger partial charge in [-0.1, -0.05) is 55.8 Å². The average molecular weight is 337 g/mol. The molecule has 1 atom stereocenters. The Morgan fingerprint density at radius 3 is 2.35 bits per heavy atom. The van der Waals surface area contributed by atoms with Crippen molar-refractivity contribution in [3.8, 4) is 6.07 Å². The van der Waals surface area contributed by atoms with Gasteiger partial charge in [0.1, 0.15) is 5.92 Å². The lowest BCUT2D eigenvalue weighted by atomic mass is 9.84. The molecule has 1 aromatic rings. The van der Waals surface area contributed by atoms with E-state index in [-0.39, 0.29) is 17.2 Å². The summed E-state index contributed by atoms with van der Waals surface area (Å²) in [7, 11) is 0. The Balaban J connectivity index is 2.70. The summed E-state index contributed by atoms with van der Waals surface area (Å²) in [5.74, 6) is -0.751. The summed E-state index contributed by atoms with van der Waals surface area (Å²) in [6.45, 7) is 8.43. The minimum Gasteiger partial charge on any atom is -0.354 e. The van der Waals surface area contributed by atoms with Crippen LogP contribution in [0.3, 0.4) is 0 Å². The van der Waals surface area contributed by atoms with Crippen molar-refractivity contribution in [3.63, 3.8) is 0 Å². The molecule has 108 valence electrons. The molecule has 1 N–H and O–H groups in total. The van der Waals surface area contributed by atoms with Crippen molar-refractivity contribution in [2.45, 2.75) is 33.1 Å². The molecule has 0 aromatic heterocycles. The van der Waals surface area contributed by atoms with Crippen LogP contribution in [-0.4, -0.2) is 12.5 Å². The summed E-state index contributed by atoms with van der Waals surface area (Å²) in [5.41, 5.74) is 0.979. The van der Waals surface area contributed by atoms with Crippen molar-refractivity contribution < 1.29 is 4.79 Å². The maximum absolute atomic E-state index is 12.0. The van der Waals surface area contributed by atoms with Crippen LogP contribution in [0, 0.1) is 23.2 Å². The molecule has 0 aliphatic carbocycles. The summed E-state index contributed by atoms with van der Waals surface area (Å²) >= 11 is 3.41. The van der Waals surface area contributed by atoms with Gasteiger partial charge in [-0.3, -0.25) is 4.79 Å². The van der Waals surface area contributed by atoms with Crippen LogP contribution in [-0.2, 0) is 10.2 Å². The van der Waals surface area contributed by atoms with Gasteiger partial charge in [-0.25, -0.2) is 0 Å². The van der Waals surface area contributed by atoms with Gasteiger partial charge in [-0.2, -0.15) is 5.26 Å². The molecule has 0 aliphatic rings. The van der Waals surface area contributed by atoms with Gasteiger partial charge in [0.2, 0.25) is 5.91 Å². The number of carbonyl (C=O) groups is 1. The fraction of sp³-hybridized carbons (Fsp3) is 0.500. The zero-order chi connectivity index (χ0) is 15.3. The second-order valence-corrected chi connectivity index (χ2v) is 6.88. The van der Waals surface area contributed by atoms with E-state index in [1.54, 1.807) is 0 Å². The highest BCUT2D eigenvalue weighted by Crippen LogP contribution is 2.24. The molecule has 1 aromatic carbocycles. The largest absolute Gasteiger partial charge is 0.354 e. The highest BCUT2D eigenvalue weighted by Gasteiger charge is 2.25. The van der Waals surface area contributed by atoms with Crippen LogP contribution in [0.4, 0.5) is 0 Å². The molecule has 1 amide bonds. The zero-order valence-corrected chi connectivity index (χ0v) is 14.0. The van der Waals surface area contributed by atoms with Crippen molar-refractivity contribution in [2.24, 2.45) is 11.8 Å². The van der Waals surface area contributed by atoms with E-state index in [2.05, 4.69) is 41.2 Å². The lowest BCUT2D eigenvalue weighted by Gasteiger charge is -2.26. The van der Waals surface area contributed by atoms with E-state index in [1.165, 1.54) is 0 Å². The number of amides is 1. The third-order valence-corrected chi connectivity index (χ3v) is 3.95. The second kappa shape index (κ2) is 6.90. The van der Waals surface area contributed by atoms with E-state index in [1.807, 2.05) is 38.1 Å². The Morgan fingerprint density at radius 2 is 1.90 bits per heavy atom. The van der Waals surface area contributed by atoms with E-state index < -0.39 is 5.92 Å². The fourth-order valence-electron chi connectivity index (χ4n) is 1.93. The first-order chi connectivity index (χ1) is 9.27. The molecule has 1 rings (SSSR count). The van der Waals surface area contributed by atoms with E-state index in [9.17, 15) is 4.79 Å². The molecule has 20 heavy (non-hydrogen) atoms. The van der Waals surface area contributed by atoms with Crippen LogP contribution in [0.2, 0.25) is 0 Å². The Hall–Kier alpha value is -1.34. The second-order valence-electron chi connectivity index (χ2n) is 5.96. The summed E-state index contributed by atoms with van der Waals surface area (Å²) in [6, 6.07) is 10.1. The smallest absolute Gasteiger partial charge is 0.237 e. The molecule has 0 saturated heterocycles. The number of halogens is 1. The normalized spacial score (nSPS) is 12.8. The fourth-order valence-corrected chi connectivity index (χ4v) is 2.20. The van der Waals surface area contributed by atoms with Gasteiger partial charge in [0.15, 0.2) is 0 Å². The van der Waals surface area contributed by atoms with Crippen molar-refractivity contribution >= 4 is 21.8 Å². The van der Waals surface area contributed by atoms with Gasteiger partial charge in [-0.15, -0.1) is 0 Å². The van der Waals surface area contributed by atoms with Gasteiger partial charge in [0, 0.05) is 16.4 Å². The number of hydrogen-bond acceptors (Lipinski definition) is 2. The number of nitrogens with one attached hydrogen (secondary N) is 1. The number of carbonyl (C=O) groups excluding carboxylic acids is 1. The Labute approximate surface area is 129 Å². The van der Waals surface area contributed by atoms with Gasteiger partial charge in [-0.05, 0) is 23.6 Å². The van der Waals surface area contributed by atoms with E-state index in [4.69, 9.17) is 5.26 Å². The number of benzene rings is 1. The molecule has 3 nitrogen and oxygen atoms in total. The minimum atomic E-state index is -0.587. The monoisotopic (exact) mass is 336 g/mol. The summed E-state index contributed by atoms with van der Waals surface area (Å²) in [5, 5.41) is 11.9. The van der Waals surface area contributed by atoms with Crippen molar-refractivity contribution in [1.29, 1.82) is 5.26 Å². The molecule has 4 heteroatoms. The highest BCUT2D eigenvalue weighted by molar-refractivity contribution is 9.10. The molecule has 0 saturated carbocycles. The number of nitrogens with zero attached hydrogens (tertiary/aromatic N) is 1. The van der Waals surface area contributed by atoms with Crippen molar-refractivity contribution in [1.82, 2.24) is 5.32 Å². The van der Waals surface area contributed by atoms with Crippen LogP contribution in [0.1, 0.15) is 33.3 Å². The first kappa shape index (κ1) is 16.7. The molecule has 0 radical (unpaired) electrons. The lowest BCUT2D eigenvalue weighted by Crippen LogP contribution is -2.40. The molecule has 0 bridgehead atoms. The number of nitriles is 1. The molecular formula is C16H21BrN2O. The third kappa shape index (κ3) is 4.35. The quantitative estimate of drug-likeness (QED) is 0.892. The van der Waals surface area contributed by atoms with Crippen molar-refractivity contribution in [2.75, 3.05) is 6.54 Å². The maximum atomic E-state index is 12.0. The van der Waals surface area contributed by atoms with Crippen LogP contribution in [0.25, 0.3) is 0 Å². The zero-order valence-electron chi connectivity index (χ0n) is 12.4. The maximum Gasteiger partial charge on any atom is 0.237 e. The number of hydrogen-bond donors (Lipinski definition) is 1. The van der Waals surface area contributed by atoms with Crippen LogP contribution >= 0.6 is 15.9 Å². The van der Waals surface area contributed by atoms with Crippen molar-refractivity contribution in [3.05, 3.63) is 34.3 Å². The van der Waals surface area contributed by atoms with Crippen LogP contribution in [0.5, 0.6) is 0 Å². The molecule has 0 fully saturated rings. The van der Waals surface area contributed by atoms with Crippen LogP contribution < -0.4 is 5.32 Å². The summed E-state index contributed by atoms with van der Waals surface area (Å²) < 4.78 is 1.03. The molecule has 0 aliphatic heterocycles. The van der Waals surface area contributed by atoms with Crippen LogP contribution in [0.15, 0.2) is 28.7 Å². The Bertz CT molecular complexity index is 500. The highest BCUT2D eigenvalue weighted by atomic mass is 79.9. The Morgan fingerprint density at radius 1 is 1.35 bits per heavy atom. The SMILES string of the molecule is CC(C)C(C#N)C(=O)NCC(C)(C)c1ccc(Br)cc1. The summed E-state index contributed by atoms with van der Waals surface area (Å²) in [6.07, 6.45) is 0. The van der Waals surface area contributed by atoms with E-state index in [0.29, 0.717) is 6.54 Å². The molecule has 1 unspecified atom stereocenters. The number of rotatable bonds is 5. The Kier molecular flexibility index (Phi) is 5.76. The minimum absolute atomic E-state index is 0.0239. The van der Waals surface area contributed by atoms with E-state index >= 15 is 0 Å². The lowest BCUT2D eigenvalue weighted by molar-refractivity contribution is -0.124. The standard InChI is InChI=1S/C16H21BrN2O/c1-11(2)14(9-18)15(20)19-10-16(3,4)12-5-7-13(17)8-6-12/h5-8,11,14H,10H2,1-4H3,(H,19,20). The van der Waals surface area contributed by atoms with E-state index in [0.717, 1.165) is 10.0 Å². The topological polar surface area (TPSA) is 52.9 Å². The third-order valence-electron chi connectivity index (χ3n) is 3.42. The average Bonchev–Trinajstić information content (AvgIpc) is 2.37. The van der Waals surface area contributed by atoms with Gasteiger partial charge in [0.25, 0.3) is 0 Å². The van der Waals surface area contributed by atoms with Gasteiger partial charge < -0.3 is 5.32 Å². The molecule has 0 heterocycles. The first-order valence-corrected chi connectivity index (χ1v) is 7.50. The predicted octanol–water partition coefficient (Wildman–Crippen LogP) is 3.64. The van der Waals surface area contributed by atoms with Gasteiger partial charge in [0.05, 0.1) is 6.07 Å². The first-order valence-electron chi connectivity index (χ1n) is 6.71. The predicted molar refractivity (Wildman–Crippen MR) is 84.1 cm³/mol. The van der Waals surface area contributed by atoms with Gasteiger partial charge >= 0.3 is 0 Å².